The molecule has 32 heavy (non-hydrogen) atoms. The number of hydrogen-bond acceptors (Lipinski definition) is 6. The molecule has 8 heteroatoms. The maximum absolute atomic E-state index is 12.8. The van der Waals surface area contributed by atoms with E-state index in [0.29, 0.717) is 17.0 Å². The van der Waals surface area contributed by atoms with Gasteiger partial charge in [-0.3, -0.25) is 9.59 Å². The van der Waals surface area contributed by atoms with Crippen LogP contribution in [-0.2, 0) is 16.1 Å². The molecule has 0 saturated heterocycles. The molecule has 3 rings (SSSR count). The fourth-order valence-electron chi connectivity index (χ4n) is 2.92. The van der Waals surface area contributed by atoms with Gasteiger partial charge in [0.2, 0.25) is 5.76 Å². The van der Waals surface area contributed by atoms with Gasteiger partial charge in [0.15, 0.2) is 6.61 Å². The Morgan fingerprint density at radius 2 is 1.75 bits per heavy atom. The average molecular weight is 436 g/mol. The van der Waals surface area contributed by atoms with Crippen molar-refractivity contribution in [1.29, 1.82) is 0 Å². The summed E-state index contributed by atoms with van der Waals surface area (Å²) in [6.07, 6.45) is 0. The smallest absolute Gasteiger partial charge is 0.373 e. The molecule has 0 aliphatic carbocycles. The third-order valence-electron chi connectivity index (χ3n) is 4.85. The molecule has 0 spiro atoms. The molecule has 3 aromatic rings. The number of amides is 2. The van der Waals surface area contributed by atoms with Crippen LogP contribution in [-0.4, -0.2) is 31.5 Å². The molecule has 0 fully saturated rings. The molecule has 0 radical (unpaired) electrons. The molecule has 0 bridgehead atoms. The van der Waals surface area contributed by atoms with Crippen molar-refractivity contribution in [2.45, 2.75) is 20.4 Å². The Kier molecular flexibility index (Phi) is 7.28. The van der Waals surface area contributed by atoms with Gasteiger partial charge in [-0.2, -0.15) is 0 Å². The van der Waals surface area contributed by atoms with Crippen molar-refractivity contribution >= 4 is 23.5 Å². The zero-order valence-electron chi connectivity index (χ0n) is 18.1. The van der Waals surface area contributed by atoms with Crippen LogP contribution in [0.15, 0.2) is 59.0 Å². The first-order valence-electron chi connectivity index (χ1n) is 9.92. The first-order valence-corrected chi connectivity index (χ1v) is 9.92. The molecule has 0 aliphatic heterocycles. The number of esters is 1. The summed E-state index contributed by atoms with van der Waals surface area (Å²) in [5, 5.41) is 5.52. The normalized spacial score (nSPS) is 10.3. The van der Waals surface area contributed by atoms with Gasteiger partial charge in [-0.1, -0.05) is 24.3 Å². The molecule has 8 nitrogen and oxygen atoms in total. The van der Waals surface area contributed by atoms with Gasteiger partial charge in [0.25, 0.3) is 11.8 Å². The Morgan fingerprint density at radius 1 is 0.969 bits per heavy atom. The van der Waals surface area contributed by atoms with Crippen molar-refractivity contribution in [3.05, 3.63) is 82.8 Å². The number of para-hydroxylation sites is 1. The van der Waals surface area contributed by atoms with Gasteiger partial charge in [-0.25, -0.2) is 4.79 Å². The van der Waals surface area contributed by atoms with Crippen LogP contribution in [0, 0.1) is 13.8 Å². The van der Waals surface area contributed by atoms with Crippen molar-refractivity contribution in [2.24, 2.45) is 0 Å². The first-order chi connectivity index (χ1) is 15.4. The largest absolute Gasteiger partial charge is 0.483 e. The van der Waals surface area contributed by atoms with E-state index >= 15 is 0 Å². The summed E-state index contributed by atoms with van der Waals surface area (Å²) in [4.78, 5) is 36.4. The molecule has 0 saturated carbocycles. The number of rotatable bonds is 8. The number of aryl methyl sites for hydroxylation is 1. The molecule has 1 aromatic heterocycles. The second-order valence-electron chi connectivity index (χ2n) is 7.02. The van der Waals surface area contributed by atoms with Crippen LogP contribution in [0.1, 0.15) is 37.8 Å². The summed E-state index contributed by atoms with van der Waals surface area (Å²) in [7, 11) is 1.25. The fraction of sp³-hybridized carbons (Fsp3) is 0.208. The zero-order chi connectivity index (χ0) is 23.1. The Balaban J connectivity index is 1.58. The lowest BCUT2D eigenvalue weighted by molar-refractivity contribution is -0.123. The highest BCUT2D eigenvalue weighted by Crippen LogP contribution is 2.22. The van der Waals surface area contributed by atoms with Crippen molar-refractivity contribution in [3.63, 3.8) is 0 Å². The van der Waals surface area contributed by atoms with E-state index in [1.807, 2.05) is 32.0 Å². The number of nitrogens with one attached hydrogen (secondary N) is 2. The minimum atomic E-state index is -0.596. The quantitative estimate of drug-likeness (QED) is 0.522. The minimum absolute atomic E-state index is 0.0526. The number of ether oxygens (including phenoxy) is 2. The second kappa shape index (κ2) is 10.3. The summed E-state index contributed by atoms with van der Waals surface area (Å²) in [5.74, 6) is -0.603. The molecular formula is C24H24N2O6. The van der Waals surface area contributed by atoms with Gasteiger partial charge >= 0.3 is 5.97 Å². The molecule has 2 aromatic carbocycles. The first kappa shape index (κ1) is 22.6. The maximum atomic E-state index is 12.8. The van der Waals surface area contributed by atoms with E-state index in [9.17, 15) is 14.4 Å². The fourth-order valence-corrected chi connectivity index (χ4v) is 2.92. The number of hydrogen-bond donors (Lipinski definition) is 2. The Labute approximate surface area is 185 Å². The highest BCUT2D eigenvalue weighted by molar-refractivity contribution is 6.06. The predicted octanol–water partition coefficient (Wildman–Crippen LogP) is 3.63. The van der Waals surface area contributed by atoms with Gasteiger partial charge in [-0.05, 0) is 55.3 Å². The number of carbonyl (C=O) groups is 3. The van der Waals surface area contributed by atoms with Crippen molar-refractivity contribution in [1.82, 2.24) is 5.32 Å². The van der Waals surface area contributed by atoms with Crippen molar-refractivity contribution in [2.75, 3.05) is 19.0 Å². The summed E-state index contributed by atoms with van der Waals surface area (Å²) in [5.41, 5.74) is 3.08. The molecule has 2 N–H and O–H groups in total. The van der Waals surface area contributed by atoms with E-state index in [4.69, 9.17) is 9.15 Å². The third-order valence-corrected chi connectivity index (χ3v) is 4.85. The lowest BCUT2D eigenvalue weighted by Crippen LogP contribution is -2.28. The number of carbonyl (C=O) groups excluding carboxylic acids is 3. The topological polar surface area (TPSA) is 107 Å². The zero-order valence-corrected chi connectivity index (χ0v) is 18.1. The summed E-state index contributed by atoms with van der Waals surface area (Å²) >= 11 is 0. The summed E-state index contributed by atoms with van der Waals surface area (Å²) in [6.45, 7) is 3.69. The molecule has 2 amide bonds. The average Bonchev–Trinajstić information content (AvgIpc) is 3.28. The molecule has 166 valence electrons. The van der Waals surface area contributed by atoms with Crippen LogP contribution in [0.25, 0.3) is 0 Å². The van der Waals surface area contributed by atoms with E-state index in [-0.39, 0.29) is 30.6 Å². The minimum Gasteiger partial charge on any atom is -0.483 e. The molecule has 1 heterocycles. The van der Waals surface area contributed by atoms with E-state index in [1.54, 1.807) is 30.3 Å². The molecule has 0 atom stereocenters. The second-order valence-corrected chi connectivity index (χ2v) is 7.02. The molecule has 0 aliphatic rings. The summed E-state index contributed by atoms with van der Waals surface area (Å²) in [6, 6.07) is 15.4. The number of furan rings is 1. The van der Waals surface area contributed by atoms with Gasteiger partial charge in [0, 0.05) is 5.69 Å². The van der Waals surface area contributed by atoms with Gasteiger partial charge in [0.1, 0.15) is 11.5 Å². The Morgan fingerprint density at radius 3 is 2.53 bits per heavy atom. The van der Waals surface area contributed by atoms with Gasteiger partial charge in [-0.15, -0.1) is 0 Å². The van der Waals surface area contributed by atoms with Crippen LogP contribution in [0.5, 0.6) is 5.75 Å². The third kappa shape index (κ3) is 5.54. The monoisotopic (exact) mass is 436 g/mol. The lowest BCUT2D eigenvalue weighted by atomic mass is 10.1. The SMILES string of the molecule is COC(=O)c1ccc(CNC(=O)COc2ccccc2C(=O)Nc2cccc(C)c2C)o1. The van der Waals surface area contributed by atoms with Crippen LogP contribution in [0.3, 0.4) is 0 Å². The molecular weight excluding hydrogens is 412 g/mol. The van der Waals surface area contributed by atoms with Gasteiger partial charge < -0.3 is 24.5 Å². The van der Waals surface area contributed by atoms with Crippen LogP contribution < -0.4 is 15.4 Å². The van der Waals surface area contributed by atoms with Gasteiger partial charge in [0.05, 0.1) is 19.2 Å². The number of methoxy groups -OCH3 is 1. The van der Waals surface area contributed by atoms with E-state index in [2.05, 4.69) is 15.4 Å². The standard InChI is InChI=1S/C24H24N2O6/c1-15-7-6-9-19(16(15)2)26-23(28)18-8-4-5-10-20(18)31-14-22(27)25-13-17-11-12-21(32-17)24(29)30-3/h4-12H,13-14H2,1-3H3,(H,25,27)(H,26,28). The Hall–Kier alpha value is -4.07. The van der Waals surface area contributed by atoms with E-state index < -0.39 is 11.9 Å². The Bertz CT molecular complexity index is 1140. The van der Waals surface area contributed by atoms with Crippen molar-refractivity contribution < 1.29 is 28.3 Å². The number of anilines is 1. The summed E-state index contributed by atoms with van der Waals surface area (Å²) < 4.78 is 15.4. The van der Waals surface area contributed by atoms with Crippen LogP contribution >= 0.6 is 0 Å². The van der Waals surface area contributed by atoms with E-state index in [1.165, 1.54) is 13.2 Å². The predicted molar refractivity (Wildman–Crippen MR) is 118 cm³/mol. The lowest BCUT2D eigenvalue weighted by Gasteiger charge is -2.13. The van der Waals surface area contributed by atoms with Crippen molar-refractivity contribution in [3.8, 4) is 5.75 Å². The highest BCUT2D eigenvalue weighted by Gasteiger charge is 2.15. The van der Waals surface area contributed by atoms with Crippen LogP contribution in [0.4, 0.5) is 5.69 Å². The van der Waals surface area contributed by atoms with Crippen LogP contribution in [0.2, 0.25) is 0 Å². The molecule has 0 unspecified atom stereocenters. The number of benzene rings is 2. The maximum Gasteiger partial charge on any atom is 0.373 e. The highest BCUT2D eigenvalue weighted by atomic mass is 16.5. The van der Waals surface area contributed by atoms with E-state index in [0.717, 1.165) is 11.1 Å².